The van der Waals surface area contributed by atoms with Gasteiger partial charge in [-0.05, 0) is 23.6 Å². The molecule has 0 atom stereocenters. The van der Waals surface area contributed by atoms with E-state index in [4.69, 9.17) is 4.42 Å². The summed E-state index contributed by atoms with van der Waals surface area (Å²) in [5.41, 5.74) is -0.698. The number of carbonyl (C=O) groups is 1. The molecule has 12 heteroatoms. The maximum atomic E-state index is 13.6. The van der Waals surface area contributed by atoms with E-state index < -0.39 is 39.7 Å². The Balaban J connectivity index is 1.67. The highest BCUT2D eigenvalue weighted by Gasteiger charge is 2.35. The van der Waals surface area contributed by atoms with Crippen molar-refractivity contribution in [2.45, 2.75) is 16.8 Å². The number of carbonyl (C=O) groups excluding carboxylic acids is 1. The first-order valence-electron chi connectivity index (χ1n) is 8.34. The number of hydrogen-bond donors (Lipinski definition) is 1. The minimum atomic E-state index is -4.69. The fourth-order valence-corrected chi connectivity index (χ4v) is 4.82. The zero-order valence-electron chi connectivity index (χ0n) is 14.9. The summed E-state index contributed by atoms with van der Waals surface area (Å²) in [5.74, 6) is -0.907. The minimum absolute atomic E-state index is 0.0104. The van der Waals surface area contributed by atoms with Crippen LogP contribution in [0, 0.1) is 0 Å². The molecule has 1 amide bonds. The number of imidazole rings is 1. The Labute approximate surface area is 171 Å². The summed E-state index contributed by atoms with van der Waals surface area (Å²) in [6.07, 6.45) is 0.128. The molecule has 0 aromatic carbocycles. The molecule has 4 rings (SSSR count). The zero-order valence-corrected chi connectivity index (χ0v) is 16.5. The average Bonchev–Trinajstić information content (AvgIpc) is 3.39. The van der Waals surface area contributed by atoms with Crippen LogP contribution in [0.3, 0.4) is 0 Å². The van der Waals surface area contributed by atoms with Crippen molar-refractivity contribution >= 4 is 32.9 Å². The molecule has 4 aromatic heterocycles. The number of hydrogen-bond acceptors (Lipinski definition) is 6. The van der Waals surface area contributed by atoms with Crippen molar-refractivity contribution in [1.29, 1.82) is 0 Å². The quantitative estimate of drug-likeness (QED) is 0.495. The smallest absolute Gasteiger partial charge is 0.420 e. The number of pyridine rings is 1. The van der Waals surface area contributed by atoms with Crippen molar-refractivity contribution in [2.24, 2.45) is 0 Å². The van der Waals surface area contributed by atoms with E-state index in [0.29, 0.717) is 5.56 Å². The number of fused-ring (bicyclic) bond motifs is 1. The van der Waals surface area contributed by atoms with Gasteiger partial charge in [-0.25, -0.2) is 18.1 Å². The lowest BCUT2D eigenvalue weighted by Crippen LogP contribution is -2.31. The third-order valence-electron chi connectivity index (χ3n) is 4.11. The van der Waals surface area contributed by atoms with E-state index in [2.05, 4.69) is 4.98 Å². The normalized spacial score (nSPS) is 12.4. The van der Waals surface area contributed by atoms with E-state index in [9.17, 15) is 26.4 Å². The number of amides is 1. The fraction of sp³-hybridized carbons (Fsp3) is 0.111. The number of halogens is 3. The van der Waals surface area contributed by atoms with Gasteiger partial charge in [0.25, 0.3) is 10.0 Å². The van der Waals surface area contributed by atoms with Crippen LogP contribution in [-0.4, -0.2) is 23.7 Å². The molecule has 0 fully saturated rings. The molecule has 7 nitrogen and oxygen atoms in total. The molecule has 0 saturated heterocycles. The molecule has 0 unspecified atom stereocenters. The van der Waals surface area contributed by atoms with Gasteiger partial charge in [-0.3, -0.25) is 4.79 Å². The minimum Gasteiger partial charge on any atom is -0.472 e. The summed E-state index contributed by atoms with van der Waals surface area (Å²) in [6.45, 7) is 0. The second-order valence-electron chi connectivity index (χ2n) is 6.25. The van der Waals surface area contributed by atoms with Crippen molar-refractivity contribution in [3.05, 3.63) is 65.8 Å². The van der Waals surface area contributed by atoms with Crippen LogP contribution in [0.1, 0.15) is 11.3 Å². The van der Waals surface area contributed by atoms with Gasteiger partial charge in [-0.2, -0.15) is 13.2 Å². The average molecular weight is 455 g/mol. The SMILES string of the molecule is O=C(Cc1cn2cc(-c3ccoc3)cc(C(F)(F)F)c2n1)NS(=O)(=O)c1cccs1. The van der Waals surface area contributed by atoms with Gasteiger partial charge >= 0.3 is 6.18 Å². The van der Waals surface area contributed by atoms with E-state index in [0.717, 1.165) is 21.8 Å². The Morgan fingerprint density at radius 1 is 1.23 bits per heavy atom. The van der Waals surface area contributed by atoms with Gasteiger partial charge in [-0.1, -0.05) is 6.07 Å². The van der Waals surface area contributed by atoms with Crippen molar-refractivity contribution in [2.75, 3.05) is 0 Å². The van der Waals surface area contributed by atoms with Crippen LogP contribution >= 0.6 is 11.3 Å². The van der Waals surface area contributed by atoms with Crippen molar-refractivity contribution < 1.29 is 30.8 Å². The molecular formula is C18H12F3N3O4S2. The highest BCUT2D eigenvalue weighted by Crippen LogP contribution is 2.35. The van der Waals surface area contributed by atoms with Crippen LogP contribution in [-0.2, 0) is 27.4 Å². The highest BCUT2D eigenvalue weighted by molar-refractivity contribution is 7.92. The van der Waals surface area contributed by atoms with Gasteiger partial charge < -0.3 is 8.82 Å². The molecular weight excluding hydrogens is 443 g/mol. The zero-order chi connectivity index (χ0) is 21.5. The van der Waals surface area contributed by atoms with Crippen molar-refractivity contribution in [3.63, 3.8) is 0 Å². The van der Waals surface area contributed by atoms with Gasteiger partial charge in [0.05, 0.1) is 30.2 Å². The summed E-state index contributed by atoms with van der Waals surface area (Å²) in [7, 11) is -4.04. The molecule has 4 aromatic rings. The summed E-state index contributed by atoms with van der Waals surface area (Å²) in [4.78, 5) is 16.1. The molecule has 0 aliphatic carbocycles. The Kier molecular flexibility index (Phi) is 4.90. The number of rotatable bonds is 5. The maximum absolute atomic E-state index is 13.6. The molecule has 0 aliphatic rings. The monoisotopic (exact) mass is 455 g/mol. The van der Waals surface area contributed by atoms with Crippen LogP contribution in [0.4, 0.5) is 13.2 Å². The van der Waals surface area contributed by atoms with Crippen LogP contribution < -0.4 is 4.72 Å². The van der Waals surface area contributed by atoms with Gasteiger partial charge in [0.1, 0.15) is 9.86 Å². The molecule has 156 valence electrons. The standard InChI is InChI=1S/C18H12F3N3O4S2/c19-18(20,21)14-6-12(11-3-4-28-10-11)8-24-9-13(22-17(14)24)7-15(25)23-30(26,27)16-2-1-5-29-16/h1-6,8-10H,7H2,(H,23,25). The van der Waals surface area contributed by atoms with Crippen LogP contribution in [0.25, 0.3) is 16.8 Å². The van der Waals surface area contributed by atoms with E-state index in [1.54, 1.807) is 0 Å². The Hall–Kier alpha value is -3.12. The number of aromatic nitrogens is 2. The maximum Gasteiger partial charge on any atom is 0.420 e. The topological polar surface area (TPSA) is 93.7 Å². The van der Waals surface area contributed by atoms with E-state index in [-0.39, 0.29) is 15.5 Å². The molecule has 0 aliphatic heterocycles. The molecule has 0 radical (unpaired) electrons. The van der Waals surface area contributed by atoms with Crippen molar-refractivity contribution in [1.82, 2.24) is 14.1 Å². The summed E-state index contributed by atoms with van der Waals surface area (Å²) < 4.78 is 72.8. The number of sulfonamides is 1. The molecule has 0 bridgehead atoms. The number of nitrogens with zero attached hydrogens (tertiary/aromatic N) is 2. The Morgan fingerprint density at radius 3 is 2.67 bits per heavy atom. The van der Waals surface area contributed by atoms with E-state index in [1.807, 2.05) is 4.72 Å². The van der Waals surface area contributed by atoms with E-state index >= 15 is 0 Å². The highest BCUT2D eigenvalue weighted by atomic mass is 32.2. The molecule has 0 spiro atoms. The summed E-state index contributed by atoms with van der Waals surface area (Å²) in [6, 6.07) is 5.31. The second kappa shape index (κ2) is 7.29. The predicted molar refractivity (Wildman–Crippen MR) is 101 cm³/mol. The summed E-state index contributed by atoms with van der Waals surface area (Å²) in [5, 5.41) is 1.54. The lowest BCUT2D eigenvalue weighted by atomic mass is 10.1. The van der Waals surface area contributed by atoms with Gasteiger partial charge in [0.15, 0.2) is 0 Å². The predicted octanol–water partition coefficient (Wildman–Crippen LogP) is 3.72. The number of nitrogens with one attached hydrogen (secondary N) is 1. The lowest BCUT2D eigenvalue weighted by molar-refractivity contribution is -0.136. The molecule has 1 N–H and O–H groups in total. The molecule has 4 heterocycles. The van der Waals surface area contributed by atoms with Gasteiger partial charge in [0, 0.05) is 23.5 Å². The first-order valence-corrected chi connectivity index (χ1v) is 10.7. The Bertz CT molecular complexity index is 1310. The fourth-order valence-electron chi connectivity index (χ4n) is 2.85. The first kappa shape index (κ1) is 20.2. The van der Waals surface area contributed by atoms with Gasteiger partial charge in [-0.15, -0.1) is 11.3 Å². The molecule has 30 heavy (non-hydrogen) atoms. The number of furan rings is 1. The van der Waals surface area contributed by atoms with Crippen molar-refractivity contribution in [3.8, 4) is 11.1 Å². The number of thiophene rings is 1. The third-order valence-corrected chi connectivity index (χ3v) is 6.88. The lowest BCUT2D eigenvalue weighted by Gasteiger charge is -2.10. The molecule has 0 saturated carbocycles. The van der Waals surface area contributed by atoms with E-state index in [1.165, 1.54) is 48.5 Å². The van der Waals surface area contributed by atoms with Gasteiger partial charge in [0.2, 0.25) is 5.91 Å². The van der Waals surface area contributed by atoms with Crippen LogP contribution in [0.5, 0.6) is 0 Å². The largest absolute Gasteiger partial charge is 0.472 e. The summed E-state index contributed by atoms with van der Waals surface area (Å²) >= 11 is 0.932. The Morgan fingerprint density at radius 2 is 2.03 bits per heavy atom. The first-order chi connectivity index (χ1) is 14.1. The van der Waals surface area contributed by atoms with Crippen LogP contribution in [0.15, 0.2) is 63.2 Å². The second-order valence-corrected chi connectivity index (χ2v) is 9.11. The third kappa shape index (κ3) is 3.96. The van der Waals surface area contributed by atoms with Crippen LogP contribution in [0.2, 0.25) is 0 Å². The number of alkyl halides is 3.